The quantitative estimate of drug-likeness (QED) is 0.875. The van der Waals surface area contributed by atoms with Crippen LogP contribution in [-0.2, 0) is 6.42 Å². The van der Waals surface area contributed by atoms with E-state index < -0.39 is 0 Å². The molecule has 0 heterocycles. The topological polar surface area (TPSA) is 29.3 Å². The van der Waals surface area contributed by atoms with Crippen molar-refractivity contribution in [2.45, 2.75) is 71.4 Å². The van der Waals surface area contributed by atoms with Gasteiger partial charge in [0.1, 0.15) is 0 Å². The second kappa shape index (κ2) is 7.31. The number of hydrogen-bond acceptors (Lipinski definition) is 2. The highest BCUT2D eigenvalue weighted by molar-refractivity contribution is 5.55. The lowest BCUT2D eigenvalue weighted by Crippen LogP contribution is -2.36. The number of anilines is 1. The third-order valence-corrected chi connectivity index (χ3v) is 5.15. The third kappa shape index (κ3) is 4.23. The molecule has 0 saturated heterocycles. The number of hydrogen-bond donors (Lipinski definition) is 1. The predicted octanol–water partition coefficient (Wildman–Crippen LogP) is 4.29. The molecule has 1 unspecified atom stereocenters. The maximum atomic E-state index is 6.20. The Balaban J connectivity index is 2.17. The van der Waals surface area contributed by atoms with Gasteiger partial charge in [-0.25, -0.2) is 0 Å². The van der Waals surface area contributed by atoms with Crippen LogP contribution in [-0.4, -0.2) is 19.1 Å². The average Bonchev–Trinajstić information content (AvgIpc) is 2.47. The van der Waals surface area contributed by atoms with Gasteiger partial charge in [0.2, 0.25) is 0 Å². The van der Waals surface area contributed by atoms with E-state index in [4.69, 9.17) is 5.73 Å². The first-order chi connectivity index (χ1) is 10.0. The van der Waals surface area contributed by atoms with Crippen molar-refractivity contribution in [1.29, 1.82) is 0 Å². The molecule has 1 aliphatic carbocycles. The van der Waals surface area contributed by atoms with Gasteiger partial charge >= 0.3 is 0 Å². The third-order valence-electron chi connectivity index (χ3n) is 5.15. The molecule has 0 bridgehead atoms. The van der Waals surface area contributed by atoms with Crippen LogP contribution in [0.2, 0.25) is 0 Å². The van der Waals surface area contributed by atoms with Crippen molar-refractivity contribution in [3.8, 4) is 0 Å². The van der Waals surface area contributed by atoms with Crippen molar-refractivity contribution in [1.82, 2.24) is 0 Å². The van der Waals surface area contributed by atoms with Crippen LogP contribution in [0.5, 0.6) is 0 Å². The smallest absolute Gasteiger partial charge is 0.0399 e. The number of nitrogens with two attached hydrogens (primary N) is 1. The molecule has 0 radical (unpaired) electrons. The zero-order chi connectivity index (χ0) is 15.4. The normalized spacial score (nSPS) is 23.9. The minimum atomic E-state index is 0.269. The van der Waals surface area contributed by atoms with Gasteiger partial charge < -0.3 is 10.6 Å². The molecule has 0 aliphatic heterocycles. The standard InChI is InChI=1S/C19H32N2/c1-5-17(20)13-16-12-15(3)8-11-19(16)21(4)18-9-6-14(2)7-10-18/h8,11-12,14,17-18H,5-7,9-10,13,20H2,1-4H3. The van der Waals surface area contributed by atoms with E-state index in [1.165, 1.54) is 42.5 Å². The summed E-state index contributed by atoms with van der Waals surface area (Å²) in [6.07, 6.45) is 7.41. The molecular weight excluding hydrogens is 256 g/mol. The summed E-state index contributed by atoms with van der Waals surface area (Å²) in [5, 5.41) is 0. The molecule has 1 saturated carbocycles. The molecule has 0 aromatic heterocycles. The van der Waals surface area contributed by atoms with Crippen LogP contribution in [0.15, 0.2) is 18.2 Å². The van der Waals surface area contributed by atoms with Gasteiger partial charge in [-0.05, 0) is 63.0 Å². The summed E-state index contributed by atoms with van der Waals surface area (Å²) in [4.78, 5) is 2.52. The van der Waals surface area contributed by atoms with Gasteiger partial charge in [0.05, 0.1) is 0 Å². The maximum absolute atomic E-state index is 6.20. The average molecular weight is 288 g/mol. The second-order valence-electron chi connectivity index (χ2n) is 7.03. The van der Waals surface area contributed by atoms with E-state index in [0.717, 1.165) is 18.8 Å². The van der Waals surface area contributed by atoms with Crippen molar-refractivity contribution < 1.29 is 0 Å². The molecule has 1 aliphatic rings. The first-order valence-corrected chi connectivity index (χ1v) is 8.59. The van der Waals surface area contributed by atoms with Crippen LogP contribution in [0.3, 0.4) is 0 Å². The molecule has 1 aromatic carbocycles. The molecule has 1 fully saturated rings. The Morgan fingerprint density at radius 3 is 2.52 bits per heavy atom. The Hall–Kier alpha value is -1.02. The largest absolute Gasteiger partial charge is 0.371 e. The highest BCUT2D eigenvalue weighted by Gasteiger charge is 2.23. The summed E-state index contributed by atoms with van der Waals surface area (Å²) >= 11 is 0. The van der Waals surface area contributed by atoms with Gasteiger partial charge in [0.15, 0.2) is 0 Å². The Kier molecular flexibility index (Phi) is 5.69. The summed E-state index contributed by atoms with van der Waals surface area (Å²) in [6.45, 7) is 6.73. The van der Waals surface area contributed by atoms with E-state index in [-0.39, 0.29) is 6.04 Å². The summed E-state index contributed by atoms with van der Waals surface area (Å²) in [7, 11) is 2.27. The number of nitrogens with zero attached hydrogens (tertiary/aromatic N) is 1. The molecule has 0 spiro atoms. The fourth-order valence-electron chi connectivity index (χ4n) is 3.48. The van der Waals surface area contributed by atoms with E-state index in [1.54, 1.807) is 0 Å². The lowest BCUT2D eigenvalue weighted by molar-refractivity contribution is 0.340. The first kappa shape index (κ1) is 16.4. The highest BCUT2D eigenvalue weighted by atomic mass is 15.1. The van der Waals surface area contributed by atoms with Crippen molar-refractivity contribution >= 4 is 5.69 Å². The van der Waals surface area contributed by atoms with E-state index in [0.29, 0.717) is 6.04 Å². The Morgan fingerprint density at radius 2 is 1.90 bits per heavy atom. The number of aryl methyl sites for hydroxylation is 1. The minimum absolute atomic E-state index is 0.269. The van der Waals surface area contributed by atoms with Crippen LogP contribution in [0.4, 0.5) is 5.69 Å². The van der Waals surface area contributed by atoms with Gasteiger partial charge in [-0.3, -0.25) is 0 Å². The molecule has 118 valence electrons. The summed E-state index contributed by atoms with van der Waals surface area (Å²) in [5.41, 5.74) is 10.4. The molecule has 2 rings (SSSR count). The van der Waals surface area contributed by atoms with Gasteiger partial charge in [-0.2, -0.15) is 0 Å². The number of rotatable bonds is 5. The molecule has 1 aromatic rings. The molecule has 2 heteroatoms. The highest BCUT2D eigenvalue weighted by Crippen LogP contribution is 2.31. The molecular formula is C19H32N2. The van der Waals surface area contributed by atoms with Crippen molar-refractivity contribution in [2.24, 2.45) is 11.7 Å². The maximum Gasteiger partial charge on any atom is 0.0399 e. The van der Waals surface area contributed by atoms with E-state index in [1.807, 2.05) is 0 Å². The van der Waals surface area contributed by atoms with Crippen LogP contribution >= 0.6 is 0 Å². The number of benzene rings is 1. The van der Waals surface area contributed by atoms with Crippen molar-refractivity contribution in [3.63, 3.8) is 0 Å². The van der Waals surface area contributed by atoms with E-state index in [9.17, 15) is 0 Å². The van der Waals surface area contributed by atoms with Gasteiger partial charge in [-0.15, -0.1) is 0 Å². The molecule has 2 N–H and O–H groups in total. The molecule has 21 heavy (non-hydrogen) atoms. The lowest BCUT2D eigenvalue weighted by Gasteiger charge is -2.36. The van der Waals surface area contributed by atoms with Crippen LogP contribution in [0, 0.1) is 12.8 Å². The van der Waals surface area contributed by atoms with Gasteiger partial charge in [0, 0.05) is 24.8 Å². The zero-order valence-corrected chi connectivity index (χ0v) is 14.2. The van der Waals surface area contributed by atoms with Gasteiger partial charge in [0.25, 0.3) is 0 Å². The van der Waals surface area contributed by atoms with E-state index >= 15 is 0 Å². The molecule has 2 nitrogen and oxygen atoms in total. The Bertz CT molecular complexity index is 447. The molecule has 1 atom stereocenters. The Labute approximate surface area is 130 Å². The van der Waals surface area contributed by atoms with Crippen LogP contribution in [0.25, 0.3) is 0 Å². The monoisotopic (exact) mass is 288 g/mol. The lowest BCUT2D eigenvalue weighted by atomic mass is 9.86. The fourth-order valence-corrected chi connectivity index (χ4v) is 3.48. The molecule has 0 amide bonds. The zero-order valence-electron chi connectivity index (χ0n) is 14.2. The summed E-state index contributed by atoms with van der Waals surface area (Å²) in [6, 6.07) is 7.82. The minimum Gasteiger partial charge on any atom is -0.371 e. The summed E-state index contributed by atoms with van der Waals surface area (Å²) in [5.74, 6) is 0.903. The SMILES string of the molecule is CCC(N)Cc1cc(C)ccc1N(C)C1CCC(C)CC1. The van der Waals surface area contributed by atoms with Crippen LogP contribution in [0.1, 0.15) is 57.1 Å². The van der Waals surface area contributed by atoms with Crippen molar-refractivity contribution in [3.05, 3.63) is 29.3 Å². The second-order valence-corrected chi connectivity index (χ2v) is 7.03. The van der Waals surface area contributed by atoms with E-state index in [2.05, 4.69) is 50.9 Å². The fraction of sp³-hybridized carbons (Fsp3) is 0.684. The first-order valence-electron chi connectivity index (χ1n) is 8.59. The summed E-state index contributed by atoms with van der Waals surface area (Å²) < 4.78 is 0. The predicted molar refractivity (Wildman–Crippen MR) is 93.0 cm³/mol. The van der Waals surface area contributed by atoms with Gasteiger partial charge in [-0.1, -0.05) is 31.5 Å². The Morgan fingerprint density at radius 1 is 1.24 bits per heavy atom. The van der Waals surface area contributed by atoms with Crippen molar-refractivity contribution in [2.75, 3.05) is 11.9 Å². The van der Waals surface area contributed by atoms with Crippen LogP contribution < -0.4 is 10.6 Å².